The van der Waals surface area contributed by atoms with Gasteiger partial charge in [-0.25, -0.2) is 0 Å². The Bertz CT molecular complexity index is 220. The zero-order valence-electron chi connectivity index (χ0n) is 7.40. The van der Waals surface area contributed by atoms with E-state index < -0.39 is 16.5 Å². The quantitative estimate of drug-likeness (QED) is 0.198. The number of ether oxygens (including phenoxy) is 1. The van der Waals surface area contributed by atoms with Gasteiger partial charge in [-0.3, -0.25) is 9.11 Å². The van der Waals surface area contributed by atoms with Crippen molar-refractivity contribution in [3.63, 3.8) is 0 Å². The van der Waals surface area contributed by atoms with Crippen LogP contribution in [0.4, 0.5) is 0 Å². The van der Waals surface area contributed by atoms with E-state index >= 15 is 0 Å². The Hall–Kier alpha value is 0.490. The van der Waals surface area contributed by atoms with E-state index in [0.717, 1.165) is 0 Å². The monoisotopic (exact) mass is 254 g/mol. The van der Waals surface area contributed by atoms with E-state index in [4.69, 9.17) is 32.5 Å². The van der Waals surface area contributed by atoms with Gasteiger partial charge in [0.05, 0.1) is 19.8 Å². The van der Waals surface area contributed by atoms with Gasteiger partial charge in [-0.2, -0.15) is 8.42 Å². The minimum absolute atomic E-state index is 0. The summed E-state index contributed by atoms with van der Waals surface area (Å²) < 4.78 is 36.4. The van der Waals surface area contributed by atoms with Gasteiger partial charge in [0.1, 0.15) is 6.10 Å². The van der Waals surface area contributed by atoms with E-state index in [0.29, 0.717) is 6.61 Å². The molecule has 0 aromatic heterocycles. The van der Waals surface area contributed by atoms with E-state index in [1.54, 1.807) is 6.08 Å². The number of rotatable bonds is 5. The van der Waals surface area contributed by atoms with Crippen LogP contribution in [0.1, 0.15) is 0 Å². The average Bonchev–Trinajstić information content (AvgIpc) is 2.01. The molecule has 88 valence electrons. The summed E-state index contributed by atoms with van der Waals surface area (Å²) in [7, 11) is -4.67. The fourth-order valence-electron chi connectivity index (χ4n) is 0.340. The zero-order chi connectivity index (χ0) is 11.6. The molecule has 0 saturated heterocycles. The van der Waals surface area contributed by atoms with Crippen molar-refractivity contribution in [3.8, 4) is 0 Å². The predicted molar refractivity (Wildman–Crippen MR) is 55.4 cm³/mol. The summed E-state index contributed by atoms with van der Waals surface area (Å²) in [4.78, 5) is 0. The van der Waals surface area contributed by atoms with Gasteiger partial charge in [0.15, 0.2) is 0 Å². The molecule has 1 unspecified atom stereocenters. The Morgan fingerprint density at radius 2 is 1.80 bits per heavy atom. The molecule has 0 aliphatic heterocycles. The van der Waals surface area contributed by atoms with Crippen LogP contribution in [0.5, 0.6) is 0 Å². The Labute approximate surface area is 111 Å². The summed E-state index contributed by atoms with van der Waals surface area (Å²) in [5.41, 5.74) is 0. The van der Waals surface area contributed by atoms with Crippen LogP contribution < -0.4 is 0 Å². The molecule has 0 spiro atoms. The van der Waals surface area contributed by atoms with Crippen molar-refractivity contribution in [2.75, 3.05) is 19.8 Å². The molecule has 0 aliphatic carbocycles. The topological polar surface area (TPSA) is 124 Å². The summed E-state index contributed by atoms with van der Waals surface area (Å²) in [5, 5.41) is 17.0. The number of hydrogen-bond acceptors (Lipinski definition) is 5. The second-order valence-corrected chi connectivity index (χ2v) is 3.01. The first-order valence-electron chi connectivity index (χ1n) is 3.48. The van der Waals surface area contributed by atoms with Crippen molar-refractivity contribution in [3.05, 3.63) is 12.7 Å². The van der Waals surface area contributed by atoms with Gasteiger partial charge in [-0.1, -0.05) is 6.08 Å². The second kappa shape index (κ2) is 12.6. The van der Waals surface area contributed by atoms with Crippen LogP contribution in [0, 0.1) is 0 Å². The molecule has 4 N–H and O–H groups in total. The SMILES string of the molecule is C=CCOCC(O)CO.O=S(=O)(O)O.[NaH]. The molecule has 0 heterocycles. The molecule has 0 rings (SSSR count). The van der Waals surface area contributed by atoms with Gasteiger partial charge in [-0.15, -0.1) is 6.58 Å². The first-order valence-corrected chi connectivity index (χ1v) is 4.88. The predicted octanol–water partition coefficient (Wildman–Crippen LogP) is -1.76. The average molecular weight is 254 g/mol. The second-order valence-electron chi connectivity index (χ2n) is 2.11. The molecule has 0 aliphatic rings. The Morgan fingerprint density at radius 1 is 1.40 bits per heavy atom. The Kier molecular flexibility index (Phi) is 17.5. The van der Waals surface area contributed by atoms with Crippen LogP contribution in [0.2, 0.25) is 0 Å². The minimum atomic E-state index is -4.67. The van der Waals surface area contributed by atoms with Crippen LogP contribution in [0.25, 0.3) is 0 Å². The Balaban J connectivity index is -0.000000208. The summed E-state index contributed by atoms with van der Waals surface area (Å²) in [5.74, 6) is 0. The van der Waals surface area contributed by atoms with E-state index in [-0.39, 0.29) is 42.8 Å². The third kappa shape index (κ3) is 40.3. The van der Waals surface area contributed by atoms with Gasteiger partial charge in [0.25, 0.3) is 0 Å². The molecule has 0 saturated carbocycles. The fraction of sp³-hybridized carbons (Fsp3) is 0.667. The molecule has 15 heavy (non-hydrogen) atoms. The van der Waals surface area contributed by atoms with Crippen LogP contribution in [0.15, 0.2) is 12.7 Å². The first kappa shape index (κ1) is 20.8. The fourth-order valence-corrected chi connectivity index (χ4v) is 0.340. The van der Waals surface area contributed by atoms with Gasteiger partial charge >= 0.3 is 40.0 Å². The first-order chi connectivity index (χ1) is 6.31. The number of aliphatic hydroxyl groups excluding tert-OH is 2. The molecule has 0 fully saturated rings. The van der Waals surface area contributed by atoms with Crippen molar-refractivity contribution >= 4 is 40.0 Å². The standard InChI is InChI=1S/C6H12O3.Na.H2O4S.H/c1-2-3-9-5-6(8)4-7;;1-5(2,3)4;/h2,6-8H,1,3-5H2;;(H2,1,2,3,4);. The Morgan fingerprint density at radius 3 is 2.07 bits per heavy atom. The van der Waals surface area contributed by atoms with Gasteiger partial charge in [0, 0.05) is 0 Å². The zero-order valence-corrected chi connectivity index (χ0v) is 8.22. The molecular formula is C6H15NaO7S. The number of aliphatic hydroxyl groups is 2. The molecule has 1 atom stereocenters. The van der Waals surface area contributed by atoms with Gasteiger partial charge in [0.2, 0.25) is 0 Å². The van der Waals surface area contributed by atoms with E-state index in [1.807, 2.05) is 0 Å². The van der Waals surface area contributed by atoms with Crippen LogP contribution >= 0.6 is 0 Å². The molecule has 9 heteroatoms. The van der Waals surface area contributed by atoms with Crippen molar-refractivity contribution in [1.82, 2.24) is 0 Å². The molecule has 0 aromatic rings. The molecule has 7 nitrogen and oxygen atoms in total. The van der Waals surface area contributed by atoms with Crippen molar-refractivity contribution in [2.45, 2.75) is 6.10 Å². The van der Waals surface area contributed by atoms with Crippen LogP contribution in [0.3, 0.4) is 0 Å². The van der Waals surface area contributed by atoms with E-state index in [9.17, 15) is 0 Å². The van der Waals surface area contributed by atoms with Crippen molar-refractivity contribution < 1.29 is 32.5 Å². The molecular weight excluding hydrogens is 239 g/mol. The van der Waals surface area contributed by atoms with Crippen LogP contribution in [-0.4, -0.2) is 83.2 Å². The summed E-state index contributed by atoms with van der Waals surface area (Å²) in [6, 6.07) is 0. The summed E-state index contributed by atoms with van der Waals surface area (Å²) in [6.45, 7) is 3.74. The summed E-state index contributed by atoms with van der Waals surface area (Å²) in [6.07, 6.45) is 0.828. The third-order valence-corrected chi connectivity index (χ3v) is 0.757. The summed E-state index contributed by atoms with van der Waals surface area (Å²) >= 11 is 0. The van der Waals surface area contributed by atoms with Gasteiger partial charge in [-0.05, 0) is 0 Å². The molecule has 0 radical (unpaired) electrons. The van der Waals surface area contributed by atoms with E-state index in [1.165, 1.54) is 0 Å². The normalized spacial score (nSPS) is 11.7. The third-order valence-electron chi connectivity index (χ3n) is 0.757. The number of hydrogen-bond donors (Lipinski definition) is 4. The maximum absolute atomic E-state index is 8.74. The van der Waals surface area contributed by atoms with Crippen molar-refractivity contribution in [1.29, 1.82) is 0 Å². The van der Waals surface area contributed by atoms with Gasteiger partial charge < -0.3 is 14.9 Å². The van der Waals surface area contributed by atoms with Crippen LogP contribution in [-0.2, 0) is 15.1 Å². The molecule has 0 bridgehead atoms. The van der Waals surface area contributed by atoms with Crippen molar-refractivity contribution in [2.24, 2.45) is 0 Å². The molecule has 0 amide bonds. The maximum atomic E-state index is 8.74. The molecule has 0 aromatic carbocycles. The van der Waals surface area contributed by atoms with E-state index in [2.05, 4.69) is 6.58 Å².